The predicted molar refractivity (Wildman–Crippen MR) is 136 cm³/mol. The van der Waals surface area contributed by atoms with Crippen molar-refractivity contribution >= 4 is 28.5 Å². The second-order valence-corrected chi connectivity index (χ2v) is 10.8. The van der Waals surface area contributed by atoms with Gasteiger partial charge in [-0.25, -0.2) is 13.2 Å². The van der Waals surface area contributed by atoms with Crippen LogP contribution in [0.1, 0.15) is 21.5 Å². The van der Waals surface area contributed by atoms with Crippen molar-refractivity contribution in [3.8, 4) is 0 Å². The summed E-state index contributed by atoms with van der Waals surface area (Å²) in [6.45, 7) is -0.999. The Kier molecular flexibility index (Phi) is 8.98. The number of hydrogen-bond donors (Lipinski definition) is 5. The lowest BCUT2D eigenvalue weighted by molar-refractivity contribution is -0.264. The van der Waals surface area contributed by atoms with Gasteiger partial charge in [0.25, 0.3) is 5.91 Å². The third kappa shape index (κ3) is 5.84. The van der Waals surface area contributed by atoms with Crippen LogP contribution in [0.25, 0.3) is 0 Å². The van der Waals surface area contributed by atoms with Crippen molar-refractivity contribution < 1.29 is 47.9 Å². The third-order valence-corrected chi connectivity index (χ3v) is 7.52. The van der Waals surface area contributed by atoms with E-state index in [4.69, 9.17) is 9.47 Å². The van der Waals surface area contributed by atoms with E-state index in [1.54, 1.807) is 6.07 Å². The average Bonchev–Trinajstić information content (AvgIpc) is 2.87. The summed E-state index contributed by atoms with van der Waals surface area (Å²) in [5.74, 6) is -3.69. The van der Waals surface area contributed by atoms with Crippen LogP contribution >= 0.6 is 22.6 Å². The minimum Gasteiger partial charge on any atom is -0.394 e. The zero-order valence-corrected chi connectivity index (χ0v) is 22.4. The van der Waals surface area contributed by atoms with E-state index in [0.29, 0.717) is 3.57 Å². The molecule has 2 aromatic rings. The lowest BCUT2D eigenvalue weighted by Gasteiger charge is -2.48. The van der Waals surface area contributed by atoms with Crippen molar-refractivity contribution in [1.29, 1.82) is 0 Å². The molecule has 0 radical (unpaired) electrons. The standard InChI is InChI=1S/C25H28F3IN2O7/c1-37-24-20(22(34)21(33)18(8-32)38-24)30-9-25(36)10-31(11-25)23(35)14-4-5-16(26)19(28)15(14)6-12-2-3-13(29)7-17(12)27/h2-5,7,18,20-22,24,30,32-34,36H,6,8-11H2,1H3/t18-,20?,21-,22-,24-/m1/s1. The Morgan fingerprint density at radius 3 is 2.53 bits per heavy atom. The van der Waals surface area contributed by atoms with E-state index in [1.807, 2.05) is 22.6 Å². The summed E-state index contributed by atoms with van der Waals surface area (Å²) in [6.07, 6.45) is -5.20. The number of carbonyl (C=O) groups is 1. The molecule has 2 aliphatic rings. The molecule has 1 amide bonds. The fourth-order valence-electron chi connectivity index (χ4n) is 4.72. The fourth-order valence-corrected chi connectivity index (χ4v) is 5.17. The highest BCUT2D eigenvalue weighted by Gasteiger charge is 2.48. The number of halogens is 4. The number of benzene rings is 2. The normalized spacial score (nSPS) is 26.8. The maximum absolute atomic E-state index is 14.8. The molecule has 0 aliphatic carbocycles. The van der Waals surface area contributed by atoms with Gasteiger partial charge in [0.05, 0.1) is 25.7 Å². The molecule has 4 rings (SSSR count). The molecular weight excluding hydrogens is 624 g/mol. The number of β-amino-alcohol motifs (C(OH)–C–C–N with tert-alkyl or cyclic N) is 1. The zero-order valence-electron chi connectivity index (χ0n) is 20.3. The second kappa shape index (κ2) is 11.7. The number of rotatable bonds is 8. The monoisotopic (exact) mass is 652 g/mol. The molecule has 38 heavy (non-hydrogen) atoms. The number of amides is 1. The minimum atomic E-state index is -1.44. The molecule has 2 heterocycles. The Balaban J connectivity index is 1.44. The number of likely N-dealkylation sites (tertiary alicyclic amines) is 1. The highest BCUT2D eigenvalue weighted by Crippen LogP contribution is 2.29. The molecule has 2 fully saturated rings. The van der Waals surface area contributed by atoms with Gasteiger partial charge >= 0.3 is 0 Å². The van der Waals surface area contributed by atoms with Crippen molar-refractivity contribution in [2.45, 2.75) is 42.7 Å². The van der Waals surface area contributed by atoms with Crippen molar-refractivity contribution in [3.63, 3.8) is 0 Å². The van der Waals surface area contributed by atoms with Gasteiger partial charge in [0, 0.05) is 34.8 Å². The Bertz CT molecular complexity index is 1180. The molecule has 208 valence electrons. The van der Waals surface area contributed by atoms with Crippen LogP contribution < -0.4 is 5.32 Å². The minimum absolute atomic E-state index is 0.0971. The van der Waals surface area contributed by atoms with Crippen LogP contribution in [0.2, 0.25) is 0 Å². The number of aliphatic hydroxyl groups is 4. The first kappa shape index (κ1) is 29.1. The number of nitrogens with one attached hydrogen (secondary N) is 1. The Labute approximate surface area is 230 Å². The third-order valence-electron chi connectivity index (χ3n) is 6.85. The van der Waals surface area contributed by atoms with E-state index in [9.17, 15) is 38.4 Å². The van der Waals surface area contributed by atoms with E-state index in [2.05, 4.69) is 5.32 Å². The smallest absolute Gasteiger partial charge is 0.254 e. The zero-order chi connectivity index (χ0) is 27.8. The number of carbonyl (C=O) groups excluding carboxylic acids is 1. The second-order valence-electron chi connectivity index (χ2n) is 9.53. The van der Waals surface area contributed by atoms with Crippen LogP contribution in [0, 0.1) is 21.0 Å². The van der Waals surface area contributed by atoms with E-state index < -0.39 is 66.2 Å². The number of nitrogens with zero attached hydrogens (tertiary/aromatic N) is 1. The first-order valence-electron chi connectivity index (χ1n) is 11.8. The molecule has 0 aromatic heterocycles. The van der Waals surface area contributed by atoms with E-state index >= 15 is 0 Å². The highest BCUT2D eigenvalue weighted by atomic mass is 127. The summed E-state index contributed by atoms with van der Waals surface area (Å²) >= 11 is 1.92. The van der Waals surface area contributed by atoms with Gasteiger partial charge < -0.3 is 40.1 Å². The number of ether oxygens (including phenoxy) is 2. The summed E-state index contributed by atoms with van der Waals surface area (Å²) in [4.78, 5) is 14.4. The molecule has 2 aliphatic heterocycles. The number of hydrogen-bond acceptors (Lipinski definition) is 8. The van der Waals surface area contributed by atoms with Crippen LogP contribution in [-0.4, -0.2) is 101 Å². The molecule has 0 spiro atoms. The van der Waals surface area contributed by atoms with E-state index in [-0.39, 0.29) is 42.7 Å². The maximum atomic E-state index is 14.8. The van der Waals surface area contributed by atoms with Gasteiger partial charge in [-0.15, -0.1) is 0 Å². The molecular formula is C25H28F3IN2O7. The molecule has 1 unspecified atom stereocenters. The van der Waals surface area contributed by atoms with Gasteiger partial charge in [0.15, 0.2) is 17.9 Å². The van der Waals surface area contributed by atoms with Crippen molar-refractivity contribution in [2.75, 3.05) is 33.4 Å². The summed E-state index contributed by atoms with van der Waals surface area (Å²) in [6, 6.07) is 5.32. The number of methoxy groups -OCH3 is 1. The van der Waals surface area contributed by atoms with Crippen LogP contribution in [0.15, 0.2) is 30.3 Å². The van der Waals surface area contributed by atoms with Gasteiger partial charge in [0.1, 0.15) is 29.7 Å². The molecule has 13 heteroatoms. The average molecular weight is 652 g/mol. The highest BCUT2D eigenvalue weighted by molar-refractivity contribution is 14.1. The van der Waals surface area contributed by atoms with Crippen LogP contribution in [-0.2, 0) is 15.9 Å². The molecule has 0 bridgehead atoms. The lowest BCUT2D eigenvalue weighted by Crippen LogP contribution is -2.70. The molecule has 5 atom stereocenters. The van der Waals surface area contributed by atoms with Gasteiger partial charge in [-0.05, 0) is 52.4 Å². The van der Waals surface area contributed by atoms with Crippen LogP contribution in [0.3, 0.4) is 0 Å². The SMILES string of the molecule is CO[C@@H]1O[C@H](CO)[C@@H](O)[C@H](O)C1NCC1(O)CN(C(=O)c2ccc(F)c(F)c2Cc2ccc(I)cc2F)C1. The lowest BCUT2D eigenvalue weighted by atomic mass is 9.90. The summed E-state index contributed by atoms with van der Waals surface area (Å²) in [5, 5.41) is 43.6. The molecule has 0 saturated carbocycles. The first-order chi connectivity index (χ1) is 18.0. The topological polar surface area (TPSA) is 132 Å². The van der Waals surface area contributed by atoms with Gasteiger partial charge in [0.2, 0.25) is 0 Å². The first-order valence-corrected chi connectivity index (χ1v) is 12.9. The van der Waals surface area contributed by atoms with Gasteiger partial charge in [-0.3, -0.25) is 4.79 Å². The summed E-state index contributed by atoms with van der Waals surface area (Å²) in [7, 11) is 1.32. The van der Waals surface area contributed by atoms with Gasteiger partial charge in [-0.1, -0.05) is 6.07 Å². The molecule has 2 saturated heterocycles. The summed E-state index contributed by atoms with van der Waals surface area (Å²) < 4.78 is 54.4. The Morgan fingerprint density at radius 1 is 1.18 bits per heavy atom. The van der Waals surface area contributed by atoms with Crippen LogP contribution in [0.5, 0.6) is 0 Å². The van der Waals surface area contributed by atoms with Crippen molar-refractivity contribution in [3.05, 3.63) is 68.0 Å². The fraction of sp³-hybridized carbons (Fsp3) is 0.480. The molecule has 9 nitrogen and oxygen atoms in total. The maximum Gasteiger partial charge on any atom is 0.254 e. The Hall–Kier alpha value is -1.85. The Morgan fingerprint density at radius 2 is 1.89 bits per heavy atom. The molecule has 2 aromatic carbocycles. The van der Waals surface area contributed by atoms with Crippen LogP contribution in [0.4, 0.5) is 13.2 Å². The number of aliphatic hydroxyl groups excluding tert-OH is 3. The van der Waals surface area contributed by atoms with E-state index in [1.165, 1.54) is 24.1 Å². The van der Waals surface area contributed by atoms with E-state index in [0.717, 1.165) is 12.1 Å². The van der Waals surface area contributed by atoms with Crippen molar-refractivity contribution in [2.24, 2.45) is 0 Å². The molecule has 5 N–H and O–H groups in total. The van der Waals surface area contributed by atoms with Gasteiger partial charge in [-0.2, -0.15) is 0 Å². The largest absolute Gasteiger partial charge is 0.394 e. The van der Waals surface area contributed by atoms with Crippen molar-refractivity contribution in [1.82, 2.24) is 10.2 Å². The quantitative estimate of drug-likeness (QED) is 0.261. The summed E-state index contributed by atoms with van der Waals surface area (Å²) in [5.41, 5.74) is -1.78. The predicted octanol–water partition coefficient (Wildman–Crippen LogP) is 0.530.